The fourth-order valence-electron chi connectivity index (χ4n) is 3.91. The fraction of sp³-hybridized carbons (Fsp3) is 0.360. The summed E-state index contributed by atoms with van der Waals surface area (Å²) in [4.78, 5) is 26.0. The van der Waals surface area contributed by atoms with Crippen molar-refractivity contribution in [1.29, 1.82) is 0 Å². The van der Waals surface area contributed by atoms with E-state index < -0.39 is 5.97 Å². The molecule has 37 heavy (non-hydrogen) atoms. The van der Waals surface area contributed by atoms with Crippen LogP contribution in [-0.2, 0) is 18.3 Å². The SMILES string of the molecule is CCOC(=O)c1cnc(NC(C)Cn2nc(C)cc2C)nc1Nc1cccc(-c2ncn(C)n2)c1OC. The van der Waals surface area contributed by atoms with Gasteiger partial charge in [0.1, 0.15) is 11.9 Å². The molecular formula is C25H31N9O3. The van der Waals surface area contributed by atoms with Gasteiger partial charge < -0.3 is 20.1 Å². The second-order valence-electron chi connectivity index (χ2n) is 8.58. The lowest BCUT2D eigenvalue weighted by molar-refractivity contribution is 0.0526. The Kier molecular flexibility index (Phi) is 7.66. The lowest BCUT2D eigenvalue weighted by Crippen LogP contribution is -2.25. The number of anilines is 3. The summed E-state index contributed by atoms with van der Waals surface area (Å²) in [6.07, 6.45) is 3.06. The van der Waals surface area contributed by atoms with Crippen LogP contribution < -0.4 is 15.4 Å². The highest BCUT2D eigenvalue weighted by molar-refractivity contribution is 5.95. The van der Waals surface area contributed by atoms with Crippen LogP contribution in [-0.4, -0.2) is 60.2 Å². The fourth-order valence-corrected chi connectivity index (χ4v) is 3.91. The lowest BCUT2D eigenvalue weighted by Gasteiger charge is -2.18. The number of benzene rings is 1. The van der Waals surface area contributed by atoms with Gasteiger partial charge in [0, 0.05) is 25.0 Å². The van der Waals surface area contributed by atoms with E-state index >= 15 is 0 Å². The Hall–Kier alpha value is -4.48. The third-order valence-electron chi connectivity index (χ3n) is 5.52. The van der Waals surface area contributed by atoms with Crippen molar-refractivity contribution in [3.63, 3.8) is 0 Å². The van der Waals surface area contributed by atoms with Crippen molar-refractivity contribution in [2.75, 3.05) is 24.4 Å². The van der Waals surface area contributed by atoms with E-state index in [1.165, 1.54) is 6.20 Å². The molecule has 0 saturated heterocycles. The molecule has 2 N–H and O–H groups in total. The number of nitrogens with one attached hydrogen (secondary N) is 2. The number of ether oxygens (including phenoxy) is 2. The minimum atomic E-state index is -0.534. The topological polar surface area (TPSA) is 134 Å². The van der Waals surface area contributed by atoms with E-state index in [0.717, 1.165) is 11.4 Å². The van der Waals surface area contributed by atoms with Crippen LogP contribution in [0.25, 0.3) is 11.4 Å². The summed E-state index contributed by atoms with van der Waals surface area (Å²) in [5.74, 6) is 1.12. The van der Waals surface area contributed by atoms with Gasteiger partial charge in [0.2, 0.25) is 5.95 Å². The van der Waals surface area contributed by atoms with Gasteiger partial charge in [-0.1, -0.05) is 6.07 Å². The third kappa shape index (κ3) is 5.85. The van der Waals surface area contributed by atoms with Gasteiger partial charge in [-0.05, 0) is 45.9 Å². The van der Waals surface area contributed by atoms with Crippen molar-refractivity contribution in [3.05, 3.63) is 53.7 Å². The molecule has 12 nitrogen and oxygen atoms in total. The van der Waals surface area contributed by atoms with Gasteiger partial charge in [-0.2, -0.15) is 15.2 Å². The largest absolute Gasteiger partial charge is 0.494 e. The molecule has 1 unspecified atom stereocenters. The summed E-state index contributed by atoms with van der Waals surface area (Å²) in [6.45, 7) is 8.58. The summed E-state index contributed by atoms with van der Waals surface area (Å²) >= 11 is 0. The first-order valence-electron chi connectivity index (χ1n) is 11.9. The molecular weight excluding hydrogens is 474 g/mol. The van der Waals surface area contributed by atoms with Gasteiger partial charge in [0.15, 0.2) is 17.4 Å². The van der Waals surface area contributed by atoms with Crippen LogP contribution in [0.3, 0.4) is 0 Å². The summed E-state index contributed by atoms with van der Waals surface area (Å²) in [7, 11) is 3.36. The zero-order valence-corrected chi connectivity index (χ0v) is 21.8. The summed E-state index contributed by atoms with van der Waals surface area (Å²) in [5, 5.41) is 15.4. The second-order valence-corrected chi connectivity index (χ2v) is 8.58. The number of rotatable bonds is 10. The van der Waals surface area contributed by atoms with Crippen LogP contribution in [0.15, 0.2) is 36.8 Å². The Labute approximate surface area is 215 Å². The number of esters is 1. The van der Waals surface area contributed by atoms with Crippen LogP contribution in [0.2, 0.25) is 0 Å². The van der Waals surface area contributed by atoms with E-state index in [1.54, 1.807) is 32.1 Å². The van der Waals surface area contributed by atoms with E-state index in [4.69, 9.17) is 9.47 Å². The van der Waals surface area contributed by atoms with Gasteiger partial charge in [0.25, 0.3) is 0 Å². The Morgan fingerprint density at radius 2 is 2.00 bits per heavy atom. The molecule has 0 aliphatic rings. The molecule has 4 aromatic rings. The van der Waals surface area contributed by atoms with Crippen molar-refractivity contribution in [2.45, 2.75) is 40.3 Å². The molecule has 0 amide bonds. The zero-order valence-electron chi connectivity index (χ0n) is 21.8. The zero-order chi connectivity index (χ0) is 26.5. The Balaban J connectivity index is 1.65. The summed E-state index contributed by atoms with van der Waals surface area (Å²) in [6, 6.07) is 7.52. The lowest BCUT2D eigenvalue weighted by atomic mass is 10.1. The molecule has 0 spiro atoms. The number of aromatic nitrogens is 7. The van der Waals surface area contributed by atoms with Crippen LogP contribution >= 0.6 is 0 Å². The third-order valence-corrected chi connectivity index (χ3v) is 5.52. The number of aryl methyl sites for hydroxylation is 3. The quantitative estimate of drug-likeness (QED) is 0.308. The van der Waals surface area contributed by atoms with Crippen molar-refractivity contribution in [3.8, 4) is 17.1 Å². The highest BCUT2D eigenvalue weighted by Gasteiger charge is 2.20. The molecule has 0 bridgehead atoms. The van der Waals surface area contributed by atoms with Crippen molar-refractivity contribution >= 4 is 23.4 Å². The molecule has 1 aromatic carbocycles. The summed E-state index contributed by atoms with van der Waals surface area (Å²) in [5.41, 5.74) is 3.50. The highest BCUT2D eigenvalue weighted by atomic mass is 16.5. The van der Waals surface area contributed by atoms with Crippen LogP contribution in [0, 0.1) is 13.8 Å². The van der Waals surface area contributed by atoms with Crippen LogP contribution in [0.4, 0.5) is 17.5 Å². The van der Waals surface area contributed by atoms with Gasteiger partial charge in [-0.3, -0.25) is 9.36 Å². The number of hydrogen-bond acceptors (Lipinski definition) is 10. The summed E-state index contributed by atoms with van der Waals surface area (Å²) < 4.78 is 14.5. The van der Waals surface area contributed by atoms with E-state index in [2.05, 4.69) is 35.8 Å². The number of para-hydroxylation sites is 1. The maximum atomic E-state index is 12.7. The molecule has 0 aliphatic carbocycles. The average Bonchev–Trinajstić information content (AvgIpc) is 3.43. The molecule has 3 aromatic heterocycles. The minimum Gasteiger partial charge on any atom is -0.494 e. The monoisotopic (exact) mass is 505 g/mol. The van der Waals surface area contributed by atoms with Gasteiger partial charge >= 0.3 is 5.97 Å². The van der Waals surface area contributed by atoms with Crippen LogP contribution in [0.1, 0.15) is 35.6 Å². The Morgan fingerprint density at radius 3 is 2.65 bits per heavy atom. The Morgan fingerprint density at radius 1 is 1.19 bits per heavy atom. The molecule has 0 radical (unpaired) electrons. The average molecular weight is 506 g/mol. The first-order valence-corrected chi connectivity index (χ1v) is 11.9. The van der Waals surface area contributed by atoms with Crippen molar-refractivity contribution < 1.29 is 14.3 Å². The number of carbonyl (C=O) groups is 1. The predicted octanol–water partition coefficient (Wildman–Crippen LogP) is 3.51. The number of hydrogen-bond donors (Lipinski definition) is 2. The molecule has 12 heteroatoms. The van der Waals surface area contributed by atoms with Crippen LogP contribution in [0.5, 0.6) is 5.75 Å². The molecule has 3 heterocycles. The van der Waals surface area contributed by atoms with E-state index in [9.17, 15) is 4.79 Å². The minimum absolute atomic E-state index is 0.0348. The molecule has 4 rings (SSSR count). The molecule has 0 aliphatic heterocycles. The smallest absolute Gasteiger partial charge is 0.343 e. The van der Waals surface area contributed by atoms with Crippen molar-refractivity contribution in [1.82, 2.24) is 34.5 Å². The second kappa shape index (κ2) is 11.1. The van der Waals surface area contributed by atoms with E-state index in [-0.39, 0.29) is 24.0 Å². The van der Waals surface area contributed by atoms with E-state index in [0.29, 0.717) is 35.3 Å². The number of methoxy groups -OCH3 is 1. The normalized spacial score (nSPS) is 11.7. The highest BCUT2D eigenvalue weighted by Crippen LogP contribution is 2.36. The van der Waals surface area contributed by atoms with Crippen molar-refractivity contribution in [2.24, 2.45) is 7.05 Å². The maximum absolute atomic E-state index is 12.7. The first-order chi connectivity index (χ1) is 17.8. The van der Waals surface area contributed by atoms with E-state index in [1.807, 2.05) is 49.7 Å². The van der Waals surface area contributed by atoms with Gasteiger partial charge in [0.05, 0.1) is 37.2 Å². The van der Waals surface area contributed by atoms with Gasteiger partial charge in [-0.25, -0.2) is 14.8 Å². The standard InChI is InChI=1S/C25H31N9O3/c1-7-37-24(35)19-12-26-25(28-16(3)13-34-17(4)11-15(2)31-34)30-23(19)29-20-10-8-9-18(21(20)36-6)22-27-14-33(5)32-22/h8-12,14,16H,7,13H2,1-6H3,(H2,26,28,29,30). The maximum Gasteiger partial charge on any atom is 0.343 e. The molecule has 194 valence electrons. The predicted molar refractivity (Wildman–Crippen MR) is 139 cm³/mol. The molecule has 0 fully saturated rings. The van der Waals surface area contributed by atoms with Gasteiger partial charge in [-0.15, -0.1) is 0 Å². The molecule has 1 atom stereocenters. The number of nitrogens with zero attached hydrogens (tertiary/aromatic N) is 7. The Bertz CT molecular complexity index is 1400. The molecule has 0 saturated carbocycles. The first kappa shape index (κ1) is 25.6. The number of carbonyl (C=O) groups excluding carboxylic acids is 1.